The number of aromatic nitrogens is 3. The van der Waals surface area contributed by atoms with Gasteiger partial charge in [-0.05, 0) is 106 Å². The first kappa shape index (κ1) is 34.1. The molecule has 12 aromatic rings. The van der Waals surface area contributed by atoms with Crippen molar-refractivity contribution in [3.05, 3.63) is 213 Å². The molecule has 0 saturated heterocycles. The lowest BCUT2D eigenvalue weighted by molar-refractivity contribution is 1.18. The van der Waals surface area contributed by atoms with Crippen molar-refractivity contribution in [2.45, 2.75) is 0 Å². The molecular formula is C57H35N3. The van der Waals surface area contributed by atoms with Crippen molar-refractivity contribution in [1.29, 1.82) is 0 Å². The van der Waals surface area contributed by atoms with Crippen LogP contribution in [0.3, 0.4) is 0 Å². The summed E-state index contributed by atoms with van der Waals surface area (Å²) in [5.41, 5.74) is 11.7. The average molecular weight is 762 g/mol. The predicted molar refractivity (Wildman–Crippen MR) is 251 cm³/mol. The minimum absolute atomic E-state index is 0.680. The molecule has 10 aromatic carbocycles. The summed E-state index contributed by atoms with van der Waals surface area (Å²) in [6.45, 7) is 0. The van der Waals surface area contributed by atoms with Gasteiger partial charge >= 0.3 is 0 Å². The molecule has 278 valence electrons. The van der Waals surface area contributed by atoms with E-state index >= 15 is 0 Å². The normalized spacial score (nSPS) is 11.7. The highest BCUT2D eigenvalue weighted by molar-refractivity contribution is 6.28. The Kier molecular flexibility index (Phi) is 7.85. The van der Waals surface area contributed by atoms with Gasteiger partial charge in [0, 0.05) is 34.6 Å². The molecule has 2 heterocycles. The van der Waals surface area contributed by atoms with E-state index in [1.807, 2.05) is 18.3 Å². The Morgan fingerprint density at radius 1 is 0.283 bits per heavy atom. The van der Waals surface area contributed by atoms with E-state index in [0.717, 1.165) is 44.8 Å². The quantitative estimate of drug-likeness (QED) is 0.158. The van der Waals surface area contributed by atoms with Crippen LogP contribution in [-0.4, -0.2) is 15.0 Å². The zero-order valence-electron chi connectivity index (χ0n) is 32.5. The Balaban J connectivity index is 1.03. The van der Waals surface area contributed by atoms with E-state index in [9.17, 15) is 0 Å². The molecule has 0 aliphatic rings. The van der Waals surface area contributed by atoms with Crippen LogP contribution < -0.4 is 0 Å². The zero-order chi connectivity index (χ0) is 39.6. The first-order valence-electron chi connectivity index (χ1n) is 20.4. The van der Waals surface area contributed by atoms with Crippen LogP contribution in [0.1, 0.15) is 0 Å². The van der Waals surface area contributed by atoms with E-state index in [1.165, 1.54) is 70.6 Å². The van der Waals surface area contributed by atoms with Crippen LogP contribution in [0.25, 0.3) is 121 Å². The molecule has 0 unspecified atom stereocenters. The molecule has 3 nitrogen and oxygen atoms in total. The molecule has 60 heavy (non-hydrogen) atoms. The molecule has 0 aliphatic heterocycles. The molecule has 0 N–H and O–H groups in total. The lowest BCUT2D eigenvalue weighted by Gasteiger charge is -2.18. The molecule has 12 rings (SSSR count). The number of hydrogen-bond acceptors (Lipinski definition) is 3. The van der Waals surface area contributed by atoms with Crippen molar-refractivity contribution in [3.63, 3.8) is 0 Å². The molecule has 0 bridgehead atoms. The fourth-order valence-electron chi connectivity index (χ4n) is 9.34. The van der Waals surface area contributed by atoms with Crippen molar-refractivity contribution in [2.75, 3.05) is 0 Å². The summed E-state index contributed by atoms with van der Waals surface area (Å²) in [7, 11) is 0. The van der Waals surface area contributed by atoms with E-state index in [2.05, 4.69) is 193 Å². The second-order valence-corrected chi connectivity index (χ2v) is 15.5. The zero-order valence-corrected chi connectivity index (χ0v) is 32.5. The van der Waals surface area contributed by atoms with E-state index in [-0.39, 0.29) is 0 Å². The Bertz CT molecular complexity index is 3590. The molecule has 0 saturated carbocycles. The van der Waals surface area contributed by atoms with E-state index in [4.69, 9.17) is 9.97 Å². The minimum Gasteiger partial charge on any atom is -0.264 e. The molecule has 0 atom stereocenters. The smallest absolute Gasteiger partial charge is 0.160 e. The molecule has 0 spiro atoms. The van der Waals surface area contributed by atoms with Crippen LogP contribution in [0.2, 0.25) is 0 Å². The van der Waals surface area contributed by atoms with Crippen molar-refractivity contribution in [3.8, 4) is 67.3 Å². The van der Waals surface area contributed by atoms with Gasteiger partial charge in [-0.1, -0.05) is 176 Å². The van der Waals surface area contributed by atoms with Gasteiger partial charge in [-0.2, -0.15) is 0 Å². The highest BCUT2D eigenvalue weighted by Gasteiger charge is 2.19. The van der Waals surface area contributed by atoms with Crippen molar-refractivity contribution in [1.82, 2.24) is 15.0 Å². The summed E-state index contributed by atoms with van der Waals surface area (Å²) in [4.78, 5) is 14.9. The molecule has 0 aliphatic carbocycles. The van der Waals surface area contributed by atoms with Gasteiger partial charge < -0.3 is 0 Å². The maximum Gasteiger partial charge on any atom is 0.160 e. The average Bonchev–Trinajstić information content (AvgIpc) is 3.33. The third kappa shape index (κ3) is 5.55. The maximum atomic E-state index is 5.30. The Hall–Kier alpha value is -8.01. The maximum absolute atomic E-state index is 5.30. The number of pyridine rings is 1. The fourth-order valence-corrected chi connectivity index (χ4v) is 9.34. The second kappa shape index (κ2) is 13.8. The van der Waals surface area contributed by atoms with Gasteiger partial charge in [0.15, 0.2) is 5.82 Å². The summed E-state index contributed by atoms with van der Waals surface area (Å²) in [6, 6.07) is 72.0. The first-order valence-corrected chi connectivity index (χ1v) is 20.4. The topological polar surface area (TPSA) is 38.7 Å². The van der Waals surface area contributed by atoms with Crippen molar-refractivity contribution < 1.29 is 0 Å². The van der Waals surface area contributed by atoms with Gasteiger partial charge in [-0.3, -0.25) is 4.98 Å². The van der Waals surface area contributed by atoms with Crippen LogP contribution in [-0.2, 0) is 0 Å². The summed E-state index contributed by atoms with van der Waals surface area (Å²) in [5, 5.41) is 12.6. The van der Waals surface area contributed by atoms with Crippen LogP contribution in [0, 0.1) is 0 Å². The van der Waals surface area contributed by atoms with Gasteiger partial charge in [0.1, 0.15) is 0 Å². The van der Waals surface area contributed by atoms with Gasteiger partial charge in [0.25, 0.3) is 0 Å². The Morgan fingerprint density at radius 3 is 1.70 bits per heavy atom. The SMILES string of the molecule is c1ccc(-c2cc(-c3ccccc3-c3cccnc3)nc(-c3cccc(-c4ccc5ccc6c(-c7cc8ccccc8c8ccccc78)ccc7ccc4c5c76)c3)n2)cc1. The number of hydrogen-bond donors (Lipinski definition) is 0. The lowest BCUT2D eigenvalue weighted by atomic mass is 9.85. The lowest BCUT2D eigenvalue weighted by Crippen LogP contribution is -1.97. The van der Waals surface area contributed by atoms with Crippen LogP contribution in [0.4, 0.5) is 0 Å². The Labute approximate surface area is 347 Å². The number of nitrogens with zero attached hydrogens (tertiary/aromatic N) is 3. The van der Waals surface area contributed by atoms with E-state index in [0.29, 0.717) is 5.82 Å². The third-order valence-corrected chi connectivity index (χ3v) is 12.1. The summed E-state index contributed by atoms with van der Waals surface area (Å²) < 4.78 is 0. The molecular weight excluding hydrogens is 727 g/mol. The fraction of sp³-hybridized carbons (Fsp3) is 0. The van der Waals surface area contributed by atoms with Crippen LogP contribution in [0.15, 0.2) is 213 Å². The Morgan fingerprint density at radius 2 is 0.900 bits per heavy atom. The molecule has 0 amide bonds. The molecule has 2 aromatic heterocycles. The van der Waals surface area contributed by atoms with E-state index in [1.54, 1.807) is 6.20 Å². The van der Waals surface area contributed by atoms with Gasteiger partial charge in [-0.15, -0.1) is 0 Å². The van der Waals surface area contributed by atoms with E-state index < -0.39 is 0 Å². The highest BCUT2D eigenvalue weighted by atomic mass is 14.9. The summed E-state index contributed by atoms with van der Waals surface area (Å²) in [6.07, 6.45) is 3.71. The van der Waals surface area contributed by atoms with Gasteiger partial charge in [-0.25, -0.2) is 9.97 Å². The number of rotatable bonds is 6. The van der Waals surface area contributed by atoms with Gasteiger partial charge in [0.2, 0.25) is 0 Å². The minimum atomic E-state index is 0.680. The summed E-state index contributed by atoms with van der Waals surface area (Å²) >= 11 is 0. The second-order valence-electron chi connectivity index (χ2n) is 15.5. The van der Waals surface area contributed by atoms with Crippen molar-refractivity contribution in [2.24, 2.45) is 0 Å². The monoisotopic (exact) mass is 761 g/mol. The number of fused-ring (bicyclic) bond motifs is 3. The number of benzene rings is 10. The van der Waals surface area contributed by atoms with Crippen LogP contribution in [0.5, 0.6) is 0 Å². The molecule has 3 heteroatoms. The first-order chi connectivity index (χ1) is 29.7. The summed E-state index contributed by atoms with van der Waals surface area (Å²) in [5.74, 6) is 0.680. The standard InChI is InChI=1S/C57H35N3/c1-2-12-36(13-3-1)53-34-54(49-22-9-6-19-44(49)42-17-11-31-58-35-42)60-57(59-53)41-16-10-15-39(32-41)45-27-23-37-26-30-51-48(28-24-38-25-29-50(45)55(37)56(38)51)52-33-40-14-4-5-18-43(40)46-20-7-8-21-47(46)52/h1-35H. The third-order valence-electron chi connectivity index (χ3n) is 12.1. The van der Waals surface area contributed by atoms with Crippen molar-refractivity contribution >= 4 is 53.9 Å². The predicted octanol–water partition coefficient (Wildman–Crippen LogP) is 15.1. The largest absolute Gasteiger partial charge is 0.264 e. The highest BCUT2D eigenvalue weighted by Crippen LogP contribution is 2.45. The van der Waals surface area contributed by atoms with Crippen LogP contribution >= 0.6 is 0 Å². The molecule has 0 fully saturated rings. The van der Waals surface area contributed by atoms with Gasteiger partial charge in [0.05, 0.1) is 11.4 Å². The molecule has 0 radical (unpaired) electrons.